The van der Waals surface area contributed by atoms with Gasteiger partial charge in [-0.2, -0.15) is 0 Å². The highest BCUT2D eigenvalue weighted by Gasteiger charge is 2.25. The van der Waals surface area contributed by atoms with Crippen LogP contribution in [0.2, 0.25) is 0 Å². The topological polar surface area (TPSA) is 95.5 Å². The van der Waals surface area contributed by atoms with Gasteiger partial charge in [0.05, 0.1) is 12.5 Å². The zero-order valence-corrected chi connectivity index (χ0v) is 12.1. The molecule has 0 bridgehead atoms. The second kappa shape index (κ2) is 8.04. The van der Waals surface area contributed by atoms with Crippen LogP contribution in [0.1, 0.15) is 19.4 Å². The molecule has 2 atom stereocenters. The van der Waals surface area contributed by atoms with Crippen molar-refractivity contribution < 1.29 is 19.5 Å². The number of aliphatic carboxylic acids is 1. The molecule has 0 aromatic heterocycles. The molecule has 0 aliphatic rings. The smallest absolute Gasteiger partial charge is 0.307 e. The Morgan fingerprint density at radius 2 is 1.67 bits per heavy atom. The summed E-state index contributed by atoms with van der Waals surface area (Å²) in [6.45, 7) is 3.21. The summed E-state index contributed by atoms with van der Waals surface area (Å²) in [5.41, 5.74) is 0.963. The largest absolute Gasteiger partial charge is 0.481 e. The Kier molecular flexibility index (Phi) is 6.39. The molecular formula is C15H20N2O4. The fourth-order valence-electron chi connectivity index (χ4n) is 1.63. The van der Waals surface area contributed by atoms with E-state index in [-0.39, 0.29) is 12.5 Å². The first kappa shape index (κ1) is 16.7. The predicted octanol–water partition coefficient (Wildman–Crippen LogP) is 0.776. The highest BCUT2D eigenvalue weighted by atomic mass is 16.4. The number of carbonyl (C=O) groups is 3. The SMILES string of the molecule is CC(C(=O)O)C(C)C(=O)NCC(=O)NCc1ccccc1. The fourth-order valence-corrected chi connectivity index (χ4v) is 1.63. The zero-order valence-electron chi connectivity index (χ0n) is 12.1. The molecule has 0 spiro atoms. The van der Waals surface area contributed by atoms with Gasteiger partial charge in [0, 0.05) is 12.5 Å². The summed E-state index contributed by atoms with van der Waals surface area (Å²) in [4.78, 5) is 34.1. The molecule has 0 saturated carbocycles. The van der Waals surface area contributed by atoms with Crippen LogP contribution in [-0.4, -0.2) is 29.4 Å². The Morgan fingerprint density at radius 3 is 2.24 bits per heavy atom. The molecule has 0 radical (unpaired) electrons. The van der Waals surface area contributed by atoms with Crippen molar-refractivity contribution >= 4 is 17.8 Å². The van der Waals surface area contributed by atoms with E-state index in [2.05, 4.69) is 10.6 Å². The average molecular weight is 292 g/mol. The molecule has 0 heterocycles. The Balaban J connectivity index is 2.32. The summed E-state index contributed by atoms with van der Waals surface area (Å²) in [6.07, 6.45) is 0. The third-order valence-corrected chi connectivity index (χ3v) is 3.31. The summed E-state index contributed by atoms with van der Waals surface area (Å²) in [7, 11) is 0. The summed E-state index contributed by atoms with van der Waals surface area (Å²) >= 11 is 0. The molecule has 0 saturated heterocycles. The van der Waals surface area contributed by atoms with E-state index in [1.165, 1.54) is 13.8 Å². The van der Waals surface area contributed by atoms with Crippen molar-refractivity contribution in [3.8, 4) is 0 Å². The number of nitrogens with one attached hydrogen (secondary N) is 2. The molecule has 0 fully saturated rings. The number of carbonyl (C=O) groups excluding carboxylic acids is 2. The third-order valence-electron chi connectivity index (χ3n) is 3.31. The van der Waals surface area contributed by atoms with Gasteiger partial charge in [-0.1, -0.05) is 44.2 Å². The first-order valence-corrected chi connectivity index (χ1v) is 6.73. The quantitative estimate of drug-likeness (QED) is 0.692. The summed E-state index contributed by atoms with van der Waals surface area (Å²) in [6, 6.07) is 9.40. The number of benzene rings is 1. The average Bonchev–Trinajstić information content (AvgIpc) is 2.49. The first-order valence-electron chi connectivity index (χ1n) is 6.73. The van der Waals surface area contributed by atoms with Crippen LogP contribution < -0.4 is 10.6 Å². The number of carboxylic acid groups (broad SMARTS) is 1. The van der Waals surface area contributed by atoms with Gasteiger partial charge in [-0.15, -0.1) is 0 Å². The normalized spacial score (nSPS) is 13.0. The van der Waals surface area contributed by atoms with Crippen LogP contribution in [0.15, 0.2) is 30.3 Å². The maximum Gasteiger partial charge on any atom is 0.307 e. The molecule has 0 aliphatic carbocycles. The molecule has 2 unspecified atom stereocenters. The number of hydrogen-bond donors (Lipinski definition) is 3. The summed E-state index contributed by atoms with van der Waals surface area (Å²) < 4.78 is 0. The molecule has 1 aromatic rings. The molecule has 6 nitrogen and oxygen atoms in total. The molecule has 3 N–H and O–H groups in total. The number of rotatable bonds is 7. The molecule has 2 amide bonds. The Bertz CT molecular complexity index is 502. The van der Waals surface area contributed by atoms with Crippen LogP contribution in [-0.2, 0) is 20.9 Å². The van der Waals surface area contributed by atoms with Crippen LogP contribution >= 0.6 is 0 Å². The van der Waals surface area contributed by atoms with Crippen molar-refractivity contribution in [2.75, 3.05) is 6.54 Å². The van der Waals surface area contributed by atoms with Crippen molar-refractivity contribution in [3.05, 3.63) is 35.9 Å². The Labute approximate surface area is 123 Å². The van der Waals surface area contributed by atoms with E-state index in [1.807, 2.05) is 30.3 Å². The molecule has 114 valence electrons. The highest BCUT2D eigenvalue weighted by Crippen LogP contribution is 2.10. The third kappa shape index (κ3) is 5.64. The lowest BCUT2D eigenvalue weighted by Gasteiger charge is -2.15. The minimum absolute atomic E-state index is 0.164. The first-order chi connectivity index (χ1) is 9.91. The highest BCUT2D eigenvalue weighted by molar-refractivity contribution is 5.88. The van der Waals surface area contributed by atoms with Gasteiger partial charge < -0.3 is 15.7 Å². The van der Waals surface area contributed by atoms with E-state index in [1.54, 1.807) is 0 Å². The van der Waals surface area contributed by atoms with Crippen molar-refractivity contribution in [1.82, 2.24) is 10.6 Å². The van der Waals surface area contributed by atoms with E-state index in [0.717, 1.165) is 5.56 Å². The summed E-state index contributed by atoms with van der Waals surface area (Å²) in [5, 5.41) is 13.9. The molecule has 0 aliphatic heterocycles. The monoisotopic (exact) mass is 292 g/mol. The van der Waals surface area contributed by atoms with Gasteiger partial charge in [-0.3, -0.25) is 14.4 Å². The van der Waals surface area contributed by atoms with Crippen LogP contribution in [0.4, 0.5) is 0 Å². The van der Waals surface area contributed by atoms with E-state index >= 15 is 0 Å². The van der Waals surface area contributed by atoms with E-state index in [9.17, 15) is 14.4 Å². The van der Waals surface area contributed by atoms with E-state index < -0.39 is 23.7 Å². The van der Waals surface area contributed by atoms with Gasteiger partial charge in [0.25, 0.3) is 0 Å². The lowest BCUT2D eigenvalue weighted by atomic mass is 9.95. The van der Waals surface area contributed by atoms with Gasteiger partial charge >= 0.3 is 5.97 Å². The standard InChI is InChI=1S/C15H20N2O4/c1-10(11(2)15(20)21)14(19)17-9-13(18)16-8-12-6-4-3-5-7-12/h3-7,10-11H,8-9H2,1-2H3,(H,16,18)(H,17,19)(H,20,21). The van der Waals surface area contributed by atoms with Crippen molar-refractivity contribution in [1.29, 1.82) is 0 Å². The lowest BCUT2D eigenvalue weighted by Crippen LogP contribution is -2.41. The minimum Gasteiger partial charge on any atom is -0.481 e. The maximum absolute atomic E-state index is 11.7. The van der Waals surface area contributed by atoms with Crippen LogP contribution in [0.5, 0.6) is 0 Å². The van der Waals surface area contributed by atoms with Gasteiger partial charge in [-0.05, 0) is 5.56 Å². The number of carboxylic acids is 1. The van der Waals surface area contributed by atoms with Crippen LogP contribution in [0, 0.1) is 11.8 Å². The molecule has 21 heavy (non-hydrogen) atoms. The number of hydrogen-bond acceptors (Lipinski definition) is 3. The Hall–Kier alpha value is -2.37. The van der Waals surface area contributed by atoms with Gasteiger partial charge in [0.15, 0.2) is 0 Å². The van der Waals surface area contributed by atoms with E-state index in [4.69, 9.17) is 5.11 Å². The van der Waals surface area contributed by atoms with Gasteiger partial charge in [-0.25, -0.2) is 0 Å². The van der Waals surface area contributed by atoms with Crippen molar-refractivity contribution in [2.24, 2.45) is 11.8 Å². The van der Waals surface area contributed by atoms with Gasteiger partial charge in [0.2, 0.25) is 11.8 Å². The molecule has 1 rings (SSSR count). The Morgan fingerprint density at radius 1 is 1.05 bits per heavy atom. The van der Waals surface area contributed by atoms with Gasteiger partial charge in [0.1, 0.15) is 0 Å². The second-order valence-electron chi connectivity index (χ2n) is 4.90. The maximum atomic E-state index is 11.7. The fraction of sp³-hybridized carbons (Fsp3) is 0.400. The lowest BCUT2D eigenvalue weighted by molar-refractivity contribution is -0.146. The zero-order chi connectivity index (χ0) is 15.8. The van der Waals surface area contributed by atoms with Crippen LogP contribution in [0.25, 0.3) is 0 Å². The summed E-state index contributed by atoms with van der Waals surface area (Å²) in [5.74, 6) is -3.28. The van der Waals surface area contributed by atoms with Crippen LogP contribution in [0.3, 0.4) is 0 Å². The second-order valence-corrected chi connectivity index (χ2v) is 4.90. The molecule has 1 aromatic carbocycles. The van der Waals surface area contributed by atoms with Crippen molar-refractivity contribution in [2.45, 2.75) is 20.4 Å². The van der Waals surface area contributed by atoms with Crippen molar-refractivity contribution in [3.63, 3.8) is 0 Å². The van der Waals surface area contributed by atoms with E-state index in [0.29, 0.717) is 6.54 Å². The molecular weight excluding hydrogens is 272 g/mol. The number of amides is 2. The predicted molar refractivity (Wildman–Crippen MR) is 77.3 cm³/mol. The molecule has 6 heteroatoms. The minimum atomic E-state index is -1.04.